The topological polar surface area (TPSA) is 121 Å². The van der Waals surface area contributed by atoms with Gasteiger partial charge >= 0.3 is 0 Å². The van der Waals surface area contributed by atoms with Crippen molar-refractivity contribution in [2.45, 2.75) is 29.3 Å². The van der Waals surface area contributed by atoms with Gasteiger partial charge < -0.3 is 9.88 Å². The Kier molecular flexibility index (Phi) is 7.79. The van der Waals surface area contributed by atoms with Gasteiger partial charge in [-0.05, 0) is 31.2 Å². The summed E-state index contributed by atoms with van der Waals surface area (Å²) in [6, 6.07) is 17.3. The molecule has 1 amide bonds. The number of sulfone groups is 1. The maximum Gasteiger partial charge on any atom is 0.295 e. The number of nitrogens with one attached hydrogen (secondary N) is 1. The molecule has 0 unspecified atom stereocenters. The number of aromatic nitrogens is 5. The lowest BCUT2D eigenvalue weighted by Crippen LogP contribution is -2.23. The Morgan fingerprint density at radius 2 is 1.73 bits per heavy atom. The predicted octanol–water partition coefficient (Wildman–Crippen LogP) is 2.97. The Labute approximate surface area is 218 Å². The van der Waals surface area contributed by atoms with Crippen LogP contribution in [0.5, 0.6) is 0 Å². The van der Waals surface area contributed by atoms with Crippen LogP contribution < -0.4 is 10.9 Å². The molecule has 2 aromatic heterocycles. The quantitative estimate of drug-likeness (QED) is 0.243. The third kappa shape index (κ3) is 5.59. The van der Waals surface area contributed by atoms with Gasteiger partial charge in [0.05, 0.1) is 22.0 Å². The molecule has 192 valence electrons. The van der Waals surface area contributed by atoms with Crippen LogP contribution in [0.3, 0.4) is 0 Å². The van der Waals surface area contributed by atoms with Crippen LogP contribution in [-0.2, 0) is 34.0 Å². The van der Waals surface area contributed by atoms with Crippen LogP contribution in [0.4, 0.5) is 5.69 Å². The first-order valence-electron chi connectivity index (χ1n) is 11.3. The van der Waals surface area contributed by atoms with Gasteiger partial charge in [0, 0.05) is 13.6 Å². The lowest BCUT2D eigenvalue weighted by molar-refractivity contribution is -0.113. The van der Waals surface area contributed by atoms with Crippen molar-refractivity contribution in [3.63, 3.8) is 0 Å². The molecule has 2 heterocycles. The Morgan fingerprint density at radius 1 is 1.08 bits per heavy atom. The summed E-state index contributed by atoms with van der Waals surface area (Å²) in [4.78, 5) is 26.0. The average Bonchev–Trinajstić information content (AvgIpc) is 3.36. The SMILES string of the molecule is C=CCn1c(CS(=O)(=O)c2ccccc2)nnc1SCC(=O)Nc1c(C)n(C)n(-c2ccccc2)c1=O. The first-order valence-corrected chi connectivity index (χ1v) is 13.9. The molecule has 0 radical (unpaired) electrons. The molecule has 10 nitrogen and oxygen atoms in total. The Bertz CT molecular complexity index is 1590. The van der Waals surface area contributed by atoms with E-state index < -0.39 is 15.7 Å². The molecule has 4 rings (SSSR count). The number of nitrogens with zero attached hydrogens (tertiary/aromatic N) is 5. The predicted molar refractivity (Wildman–Crippen MR) is 143 cm³/mol. The zero-order chi connectivity index (χ0) is 26.6. The number of hydrogen-bond donors (Lipinski definition) is 1. The second-order valence-corrected chi connectivity index (χ2v) is 11.1. The number of para-hydroxylation sites is 1. The highest BCUT2D eigenvalue weighted by Gasteiger charge is 2.22. The van der Waals surface area contributed by atoms with Crippen molar-refractivity contribution in [2.24, 2.45) is 7.05 Å². The number of allylic oxidation sites excluding steroid dienone is 1. The number of amides is 1. The molecule has 0 aliphatic heterocycles. The van der Waals surface area contributed by atoms with Crippen molar-refractivity contribution in [3.8, 4) is 5.69 Å². The Morgan fingerprint density at radius 3 is 2.38 bits per heavy atom. The van der Waals surface area contributed by atoms with Gasteiger partial charge in [0.15, 0.2) is 15.0 Å². The van der Waals surface area contributed by atoms with Crippen molar-refractivity contribution in [2.75, 3.05) is 11.1 Å². The number of thioether (sulfide) groups is 1. The summed E-state index contributed by atoms with van der Waals surface area (Å²) in [5.74, 6) is -0.550. The number of rotatable bonds is 10. The zero-order valence-electron chi connectivity index (χ0n) is 20.4. The second kappa shape index (κ2) is 11.0. The zero-order valence-corrected chi connectivity index (χ0v) is 22.0. The standard InChI is InChI=1S/C25H26N6O4S2/c1-4-15-30-21(17-37(34,35)20-13-9-6-10-14-20)27-28-25(30)36-16-22(32)26-23-18(2)29(3)31(24(23)33)19-11-7-5-8-12-19/h4-14H,1,15-17H2,2-3H3,(H,26,32). The fourth-order valence-electron chi connectivity index (χ4n) is 3.74. The molecule has 0 aliphatic rings. The molecule has 0 saturated heterocycles. The average molecular weight is 539 g/mol. The summed E-state index contributed by atoms with van der Waals surface area (Å²) in [5.41, 5.74) is 1.14. The van der Waals surface area contributed by atoms with Gasteiger partial charge in [-0.1, -0.05) is 54.2 Å². The molecule has 0 bridgehead atoms. The van der Waals surface area contributed by atoms with Gasteiger partial charge in [0.1, 0.15) is 17.3 Å². The van der Waals surface area contributed by atoms with E-state index in [2.05, 4.69) is 22.1 Å². The van der Waals surface area contributed by atoms with Crippen molar-refractivity contribution in [1.82, 2.24) is 24.1 Å². The van der Waals surface area contributed by atoms with E-state index in [1.165, 1.54) is 16.8 Å². The number of hydrogen-bond acceptors (Lipinski definition) is 7. The van der Waals surface area contributed by atoms with Crippen LogP contribution in [-0.4, -0.2) is 44.2 Å². The fourth-order valence-corrected chi connectivity index (χ4v) is 5.80. The third-order valence-electron chi connectivity index (χ3n) is 5.68. The summed E-state index contributed by atoms with van der Waals surface area (Å²) in [6.07, 6.45) is 1.60. The molecular formula is C25H26N6O4S2. The molecule has 12 heteroatoms. The van der Waals surface area contributed by atoms with Gasteiger partial charge in [-0.3, -0.25) is 14.3 Å². The molecule has 37 heavy (non-hydrogen) atoms. The minimum Gasteiger partial charge on any atom is -0.319 e. The van der Waals surface area contributed by atoms with Crippen molar-refractivity contribution in [3.05, 3.63) is 95.2 Å². The molecule has 0 fully saturated rings. The molecule has 0 spiro atoms. The van der Waals surface area contributed by atoms with E-state index in [0.717, 1.165) is 11.8 Å². The van der Waals surface area contributed by atoms with E-state index in [1.54, 1.807) is 47.5 Å². The number of benzene rings is 2. The Hall–Kier alpha value is -3.90. The van der Waals surface area contributed by atoms with Crippen molar-refractivity contribution < 1.29 is 13.2 Å². The first-order chi connectivity index (χ1) is 17.7. The summed E-state index contributed by atoms with van der Waals surface area (Å²) >= 11 is 1.10. The minimum atomic E-state index is -3.63. The monoisotopic (exact) mass is 538 g/mol. The molecular weight excluding hydrogens is 512 g/mol. The van der Waals surface area contributed by atoms with Gasteiger partial charge in [-0.2, -0.15) is 0 Å². The van der Waals surface area contributed by atoms with E-state index in [-0.39, 0.29) is 40.0 Å². The summed E-state index contributed by atoms with van der Waals surface area (Å²) in [7, 11) is -1.89. The van der Waals surface area contributed by atoms with E-state index in [1.807, 2.05) is 30.3 Å². The molecule has 0 aliphatic carbocycles. The van der Waals surface area contributed by atoms with Crippen molar-refractivity contribution in [1.29, 1.82) is 0 Å². The van der Waals surface area contributed by atoms with Crippen LogP contribution in [0, 0.1) is 6.92 Å². The van der Waals surface area contributed by atoms with Crippen LogP contribution in [0.2, 0.25) is 0 Å². The van der Waals surface area contributed by atoms with Gasteiger partial charge in [0.2, 0.25) is 5.91 Å². The van der Waals surface area contributed by atoms with Gasteiger partial charge in [-0.25, -0.2) is 13.1 Å². The maximum absolute atomic E-state index is 13.0. The van der Waals surface area contributed by atoms with Crippen molar-refractivity contribution >= 4 is 33.2 Å². The summed E-state index contributed by atoms with van der Waals surface area (Å²) in [6.45, 7) is 5.75. The second-order valence-electron chi connectivity index (χ2n) is 8.14. The number of anilines is 1. The van der Waals surface area contributed by atoms with E-state index >= 15 is 0 Å². The lowest BCUT2D eigenvalue weighted by atomic mass is 10.3. The summed E-state index contributed by atoms with van der Waals surface area (Å²) < 4.78 is 30.4. The highest BCUT2D eigenvalue weighted by molar-refractivity contribution is 7.99. The molecule has 0 saturated carbocycles. The highest BCUT2D eigenvalue weighted by Crippen LogP contribution is 2.22. The van der Waals surface area contributed by atoms with Crippen LogP contribution in [0.15, 0.2) is 88.2 Å². The fraction of sp³-hybridized carbons (Fsp3) is 0.200. The van der Waals surface area contributed by atoms with E-state index in [4.69, 9.17) is 0 Å². The van der Waals surface area contributed by atoms with E-state index in [9.17, 15) is 18.0 Å². The Balaban J connectivity index is 1.49. The summed E-state index contributed by atoms with van der Waals surface area (Å²) in [5, 5.41) is 11.2. The van der Waals surface area contributed by atoms with Crippen LogP contribution in [0.1, 0.15) is 11.5 Å². The highest BCUT2D eigenvalue weighted by atomic mass is 32.2. The lowest BCUT2D eigenvalue weighted by Gasteiger charge is -2.09. The smallest absolute Gasteiger partial charge is 0.295 e. The third-order valence-corrected chi connectivity index (χ3v) is 8.27. The van der Waals surface area contributed by atoms with E-state index in [0.29, 0.717) is 16.5 Å². The molecule has 1 N–H and O–H groups in total. The number of carbonyl (C=O) groups excluding carboxylic acids is 1. The first kappa shape index (κ1) is 26.2. The van der Waals surface area contributed by atoms with Crippen LogP contribution >= 0.6 is 11.8 Å². The molecule has 2 aromatic carbocycles. The van der Waals surface area contributed by atoms with Crippen LogP contribution in [0.25, 0.3) is 5.69 Å². The van der Waals surface area contributed by atoms with Gasteiger partial charge in [0.25, 0.3) is 5.56 Å². The largest absolute Gasteiger partial charge is 0.319 e. The van der Waals surface area contributed by atoms with Gasteiger partial charge in [-0.15, -0.1) is 16.8 Å². The maximum atomic E-state index is 13.0. The molecule has 4 aromatic rings. The molecule has 0 atom stereocenters. The normalized spacial score (nSPS) is 11.4. The number of carbonyl (C=O) groups is 1. The minimum absolute atomic E-state index is 0.0557.